The van der Waals surface area contributed by atoms with E-state index in [9.17, 15) is 4.79 Å². The third kappa shape index (κ3) is 2.02. The Bertz CT molecular complexity index is 303. The maximum Gasteiger partial charge on any atom is 0.341 e. The molecule has 0 aromatic carbocycles. The Kier molecular flexibility index (Phi) is 2.95. The largest absolute Gasteiger partial charge is 0.462 e. The van der Waals surface area contributed by atoms with Crippen molar-refractivity contribution in [1.29, 1.82) is 0 Å². The van der Waals surface area contributed by atoms with Gasteiger partial charge in [0.2, 0.25) is 0 Å². The summed E-state index contributed by atoms with van der Waals surface area (Å²) in [7, 11) is 0. The molecule has 0 saturated heterocycles. The molecular formula is C9H12N2O2. The lowest BCUT2D eigenvalue weighted by Crippen LogP contribution is -2.11. The van der Waals surface area contributed by atoms with Crippen molar-refractivity contribution in [2.75, 3.05) is 6.61 Å². The van der Waals surface area contributed by atoms with Crippen molar-refractivity contribution in [3.63, 3.8) is 0 Å². The van der Waals surface area contributed by atoms with Crippen LogP contribution in [0.4, 0.5) is 0 Å². The van der Waals surface area contributed by atoms with E-state index in [0.29, 0.717) is 23.6 Å². The summed E-state index contributed by atoms with van der Waals surface area (Å²) in [6.07, 6.45) is 1.44. The minimum absolute atomic E-state index is 0.349. The van der Waals surface area contributed by atoms with Crippen LogP contribution in [0.25, 0.3) is 0 Å². The van der Waals surface area contributed by atoms with E-state index in [1.165, 1.54) is 6.33 Å². The van der Waals surface area contributed by atoms with Gasteiger partial charge in [-0.05, 0) is 20.8 Å². The van der Waals surface area contributed by atoms with Gasteiger partial charge in [0.05, 0.1) is 18.0 Å². The Balaban J connectivity index is 3.05. The van der Waals surface area contributed by atoms with E-state index in [0.717, 1.165) is 0 Å². The topological polar surface area (TPSA) is 52.1 Å². The van der Waals surface area contributed by atoms with E-state index in [-0.39, 0.29) is 5.97 Å². The summed E-state index contributed by atoms with van der Waals surface area (Å²) in [5.74, 6) is -0.349. The standard InChI is InChI=1S/C9H12N2O2/c1-4-13-9(12)8-6(2)10-5-11-7(8)3/h5H,4H2,1-3H3. The van der Waals surface area contributed by atoms with Crippen molar-refractivity contribution in [2.45, 2.75) is 20.8 Å². The minimum Gasteiger partial charge on any atom is -0.462 e. The summed E-state index contributed by atoms with van der Waals surface area (Å²) in [6.45, 7) is 5.67. The third-order valence-electron chi connectivity index (χ3n) is 1.71. The molecule has 4 nitrogen and oxygen atoms in total. The number of carbonyl (C=O) groups is 1. The zero-order chi connectivity index (χ0) is 9.84. The molecule has 0 atom stereocenters. The molecule has 4 heteroatoms. The predicted molar refractivity (Wildman–Crippen MR) is 47.5 cm³/mol. The lowest BCUT2D eigenvalue weighted by molar-refractivity contribution is 0.0523. The molecule has 0 fully saturated rings. The maximum absolute atomic E-state index is 11.4. The molecule has 0 bridgehead atoms. The molecule has 0 aliphatic heterocycles. The van der Waals surface area contributed by atoms with Gasteiger partial charge in [0.15, 0.2) is 0 Å². The van der Waals surface area contributed by atoms with Gasteiger partial charge in [-0.3, -0.25) is 0 Å². The van der Waals surface area contributed by atoms with Crippen LogP contribution in [0.1, 0.15) is 28.7 Å². The van der Waals surface area contributed by atoms with E-state index >= 15 is 0 Å². The summed E-state index contributed by atoms with van der Waals surface area (Å²) in [5.41, 5.74) is 1.79. The second-order valence-corrected chi connectivity index (χ2v) is 2.64. The number of hydrogen-bond donors (Lipinski definition) is 0. The number of aromatic nitrogens is 2. The van der Waals surface area contributed by atoms with Crippen molar-refractivity contribution in [3.8, 4) is 0 Å². The summed E-state index contributed by atoms with van der Waals surface area (Å²) in [4.78, 5) is 19.2. The van der Waals surface area contributed by atoms with E-state index in [1.807, 2.05) is 0 Å². The van der Waals surface area contributed by atoms with Gasteiger partial charge in [0, 0.05) is 0 Å². The van der Waals surface area contributed by atoms with Crippen molar-refractivity contribution in [2.24, 2.45) is 0 Å². The van der Waals surface area contributed by atoms with Crippen molar-refractivity contribution >= 4 is 5.97 Å². The fourth-order valence-electron chi connectivity index (χ4n) is 1.09. The fraction of sp³-hybridized carbons (Fsp3) is 0.444. The van der Waals surface area contributed by atoms with E-state index in [4.69, 9.17) is 4.74 Å². The maximum atomic E-state index is 11.4. The normalized spacial score (nSPS) is 9.77. The van der Waals surface area contributed by atoms with Crippen LogP contribution in [-0.4, -0.2) is 22.5 Å². The number of esters is 1. The number of ether oxygens (including phenoxy) is 1. The molecular weight excluding hydrogens is 168 g/mol. The molecule has 1 rings (SSSR count). The van der Waals surface area contributed by atoms with Crippen LogP contribution >= 0.6 is 0 Å². The molecule has 0 unspecified atom stereocenters. The van der Waals surface area contributed by atoms with Gasteiger partial charge >= 0.3 is 5.97 Å². The fourth-order valence-corrected chi connectivity index (χ4v) is 1.09. The van der Waals surface area contributed by atoms with Gasteiger partial charge < -0.3 is 4.74 Å². The minimum atomic E-state index is -0.349. The van der Waals surface area contributed by atoms with E-state index < -0.39 is 0 Å². The zero-order valence-electron chi connectivity index (χ0n) is 8.00. The first-order valence-electron chi connectivity index (χ1n) is 4.12. The van der Waals surface area contributed by atoms with Gasteiger partial charge in [-0.15, -0.1) is 0 Å². The monoisotopic (exact) mass is 180 g/mol. The highest BCUT2D eigenvalue weighted by molar-refractivity contribution is 5.91. The van der Waals surface area contributed by atoms with Crippen LogP contribution in [0.3, 0.4) is 0 Å². The molecule has 70 valence electrons. The number of hydrogen-bond acceptors (Lipinski definition) is 4. The molecule has 0 aliphatic carbocycles. The van der Waals surface area contributed by atoms with Crippen LogP contribution in [0, 0.1) is 13.8 Å². The van der Waals surface area contributed by atoms with Gasteiger partial charge in [0.25, 0.3) is 0 Å². The van der Waals surface area contributed by atoms with Gasteiger partial charge in [-0.25, -0.2) is 14.8 Å². The zero-order valence-corrected chi connectivity index (χ0v) is 8.00. The molecule has 0 N–H and O–H groups in total. The summed E-state index contributed by atoms with van der Waals surface area (Å²) >= 11 is 0. The van der Waals surface area contributed by atoms with Gasteiger partial charge in [-0.1, -0.05) is 0 Å². The van der Waals surface area contributed by atoms with Crippen LogP contribution in [0.5, 0.6) is 0 Å². The molecule has 1 heterocycles. The van der Waals surface area contributed by atoms with E-state index in [1.54, 1.807) is 20.8 Å². The SMILES string of the molecule is CCOC(=O)c1c(C)ncnc1C. The summed E-state index contributed by atoms with van der Waals surface area (Å²) < 4.78 is 4.87. The summed E-state index contributed by atoms with van der Waals surface area (Å²) in [5, 5.41) is 0. The Morgan fingerprint density at radius 2 is 1.92 bits per heavy atom. The quantitative estimate of drug-likeness (QED) is 0.643. The highest BCUT2D eigenvalue weighted by atomic mass is 16.5. The smallest absolute Gasteiger partial charge is 0.341 e. The average molecular weight is 180 g/mol. The lowest BCUT2D eigenvalue weighted by atomic mass is 10.2. The first kappa shape index (κ1) is 9.64. The first-order valence-corrected chi connectivity index (χ1v) is 4.12. The van der Waals surface area contributed by atoms with E-state index in [2.05, 4.69) is 9.97 Å². The molecule has 0 amide bonds. The molecule has 1 aromatic rings. The second-order valence-electron chi connectivity index (χ2n) is 2.64. The highest BCUT2D eigenvalue weighted by Gasteiger charge is 2.14. The Morgan fingerprint density at radius 3 is 2.38 bits per heavy atom. The molecule has 0 aliphatic rings. The second kappa shape index (κ2) is 3.98. The molecule has 0 saturated carbocycles. The third-order valence-corrected chi connectivity index (χ3v) is 1.71. The Hall–Kier alpha value is -1.45. The Labute approximate surface area is 77.0 Å². The molecule has 1 aromatic heterocycles. The van der Waals surface area contributed by atoms with Gasteiger partial charge in [-0.2, -0.15) is 0 Å². The number of rotatable bonds is 2. The average Bonchev–Trinajstić information content (AvgIpc) is 2.04. The van der Waals surface area contributed by atoms with Crippen molar-refractivity contribution < 1.29 is 9.53 Å². The van der Waals surface area contributed by atoms with Gasteiger partial charge in [0.1, 0.15) is 11.9 Å². The van der Waals surface area contributed by atoms with Crippen molar-refractivity contribution in [1.82, 2.24) is 9.97 Å². The number of carbonyl (C=O) groups excluding carboxylic acids is 1. The highest BCUT2D eigenvalue weighted by Crippen LogP contribution is 2.09. The first-order chi connectivity index (χ1) is 6.16. The van der Waals surface area contributed by atoms with Crippen LogP contribution in [0.15, 0.2) is 6.33 Å². The molecule has 0 radical (unpaired) electrons. The van der Waals surface area contributed by atoms with Crippen LogP contribution in [0.2, 0.25) is 0 Å². The van der Waals surface area contributed by atoms with Crippen LogP contribution in [-0.2, 0) is 4.74 Å². The molecule has 0 spiro atoms. The summed E-state index contributed by atoms with van der Waals surface area (Å²) in [6, 6.07) is 0. The number of aryl methyl sites for hydroxylation is 2. The molecule has 13 heavy (non-hydrogen) atoms. The lowest BCUT2D eigenvalue weighted by Gasteiger charge is -2.05. The predicted octanol–water partition coefficient (Wildman–Crippen LogP) is 1.27. The van der Waals surface area contributed by atoms with Crippen LogP contribution < -0.4 is 0 Å². The number of nitrogens with zero attached hydrogens (tertiary/aromatic N) is 2. The van der Waals surface area contributed by atoms with Crippen molar-refractivity contribution in [3.05, 3.63) is 23.3 Å². The Morgan fingerprint density at radius 1 is 1.38 bits per heavy atom.